The molecule has 4 heteroatoms. The van der Waals surface area contributed by atoms with E-state index in [0.29, 0.717) is 22.2 Å². The summed E-state index contributed by atoms with van der Waals surface area (Å²) in [5.41, 5.74) is 9.02. The maximum absolute atomic E-state index is 13.7. The molecule has 0 unspecified atom stereocenters. The van der Waals surface area contributed by atoms with E-state index in [1.54, 1.807) is 30.3 Å². The van der Waals surface area contributed by atoms with E-state index in [1.165, 1.54) is 0 Å². The van der Waals surface area contributed by atoms with Crippen LogP contribution in [0.5, 0.6) is 0 Å². The van der Waals surface area contributed by atoms with Gasteiger partial charge in [0.2, 0.25) is 0 Å². The molecule has 0 radical (unpaired) electrons. The standard InChI is InChI=1S/C19H29F2NSi/c1-14(2)23(15(3)4,16(5)6)13-12-19(22,18(20)21)17-10-8-7-9-11-17/h7-11,14-16,18H,22H2,1-6H3/t19-/m1/s1. The molecule has 1 atom stereocenters. The smallest absolute Gasteiger partial charge is 0.271 e. The van der Waals surface area contributed by atoms with Crippen molar-refractivity contribution in [2.75, 3.05) is 0 Å². The molecular weight excluding hydrogens is 308 g/mol. The van der Waals surface area contributed by atoms with Crippen LogP contribution in [0.1, 0.15) is 47.1 Å². The Labute approximate surface area is 140 Å². The minimum Gasteiger partial charge on any atom is -0.307 e. The average Bonchev–Trinajstić information content (AvgIpc) is 2.47. The fourth-order valence-corrected chi connectivity index (χ4v) is 8.90. The lowest BCUT2D eigenvalue weighted by Crippen LogP contribution is -2.46. The zero-order valence-electron chi connectivity index (χ0n) is 15.0. The van der Waals surface area contributed by atoms with Gasteiger partial charge in [-0.25, -0.2) is 8.78 Å². The van der Waals surface area contributed by atoms with Gasteiger partial charge in [-0.3, -0.25) is 0 Å². The van der Waals surface area contributed by atoms with Crippen molar-refractivity contribution in [3.8, 4) is 11.5 Å². The summed E-state index contributed by atoms with van der Waals surface area (Å²) < 4.78 is 27.5. The first-order chi connectivity index (χ1) is 10.6. The van der Waals surface area contributed by atoms with Gasteiger partial charge in [-0.05, 0) is 22.2 Å². The van der Waals surface area contributed by atoms with E-state index in [1.807, 2.05) is 0 Å². The Morgan fingerprint density at radius 1 is 0.913 bits per heavy atom. The van der Waals surface area contributed by atoms with Crippen molar-refractivity contribution in [3.05, 3.63) is 35.9 Å². The molecule has 0 saturated heterocycles. The fourth-order valence-electron chi connectivity index (χ4n) is 3.61. The van der Waals surface area contributed by atoms with Crippen LogP contribution in [0.4, 0.5) is 8.78 Å². The highest BCUT2D eigenvalue weighted by Gasteiger charge is 2.43. The van der Waals surface area contributed by atoms with Gasteiger partial charge in [0.15, 0.2) is 5.54 Å². The quantitative estimate of drug-likeness (QED) is 0.570. The molecule has 23 heavy (non-hydrogen) atoms. The van der Waals surface area contributed by atoms with E-state index < -0.39 is 20.0 Å². The topological polar surface area (TPSA) is 26.0 Å². The third-order valence-electron chi connectivity index (χ3n) is 4.95. The molecule has 0 aliphatic heterocycles. The van der Waals surface area contributed by atoms with E-state index in [-0.39, 0.29) is 0 Å². The van der Waals surface area contributed by atoms with Crippen LogP contribution in [-0.4, -0.2) is 14.5 Å². The largest absolute Gasteiger partial charge is 0.307 e. The molecule has 1 aromatic carbocycles. The Bertz CT molecular complexity index is 536. The first-order valence-corrected chi connectivity index (χ1v) is 10.5. The number of benzene rings is 1. The first-order valence-electron chi connectivity index (χ1n) is 8.25. The summed E-state index contributed by atoms with van der Waals surface area (Å²) in [7, 11) is -2.09. The maximum atomic E-state index is 13.7. The molecule has 0 bridgehead atoms. The highest BCUT2D eigenvalue weighted by molar-refractivity contribution is 6.90. The van der Waals surface area contributed by atoms with E-state index in [2.05, 4.69) is 53.0 Å². The van der Waals surface area contributed by atoms with Gasteiger partial charge in [0.25, 0.3) is 6.43 Å². The molecule has 1 nitrogen and oxygen atoms in total. The lowest BCUT2D eigenvalue weighted by molar-refractivity contribution is 0.0833. The molecule has 2 N–H and O–H groups in total. The second-order valence-electron chi connectivity index (χ2n) is 7.18. The van der Waals surface area contributed by atoms with Gasteiger partial charge >= 0.3 is 0 Å². The number of hydrogen-bond acceptors (Lipinski definition) is 1. The van der Waals surface area contributed by atoms with E-state index in [4.69, 9.17) is 5.73 Å². The second kappa shape index (κ2) is 7.59. The number of hydrogen-bond donors (Lipinski definition) is 1. The van der Waals surface area contributed by atoms with Crippen molar-refractivity contribution < 1.29 is 8.78 Å². The van der Waals surface area contributed by atoms with Crippen LogP contribution in [0.3, 0.4) is 0 Å². The third kappa shape index (κ3) is 3.84. The Morgan fingerprint density at radius 2 is 1.35 bits per heavy atom. The Kier molecular flexibility index (Phi) is 6.56. The first kappa shape index (κ1) is 19.9. The molecule has 0 fully saturated rings. The van der Waals surface area contributed by atoms with Crippen molar-refractivity contribution >= 4 is 8.07 Å². The Hall–Kier alpha value is -1.18. The predicted molar refractivity (Wildman–Crippen MR) is 97.1 cm³/mol. The van der Waals surface area contributed by atoms with Gasteiger partial charge < -0.3 is 5.73 Å². The van der Waals surface area contributed by atoms with Crippen molar-refractivity contribution in [2.45, 2.75) is 70.1 Å². The summed E-state index contributed by atoms with van der Waals surface area (Å²) in [6, 6.07) is 8.49. The van der Waals surface area contributed by atoms with E-state index >= 15 is 0 Å². The van der Waals surface area contributed by atoms with Crippen LogP contribution in [0.25, 0.3) is 0 Å². The SMILES string of the molecule is CC(C)[Si](C#C[C@@](N)(c1ccccc1)C(F)F)(C(C)C)C(C)C. The van der Waals surface area contributed by atoms with Gasteiger partial charge in [0.05, 0.1) is 0 Å². The van der Waals surface area contributed by atoms with Crippen LogP contribution >= 0.6 is 0 Å². The van der Waals surface area contributed by atoms with E-state index in [9.17, 15) is 8.78 Å². The van der Waals surface area contributed by atoms with Gasteiger partial charge in [0, 0.05) is 0 Å². The van der Waals surface area contributed by atoms with Gasteiger partial charge in [-0.2, -0.15) is 0 Å². The molecule has 0 aliphatic carbocycles. The van der Waals surface area contributed by atoms with Crippen LogP contribution in [0.15, 0.2) is 30.3 Å². The lowest BCUT2D eigenvalue weighted by atomic mass is 9.92. The summed E-state index contributed by atoms with van der Waals surface area (Å²) >= 11 is 0. The van der Waals surface area contributed by atoms with Crippen molar-refractivity contribution in [2.24, 2.45) is 5.73 Å². The predicted octanol–water partition coefficient (Wildman–Crippen LogP) is 5.33. The molecule has 0 spiro atoms. The summed E-state index contributed by atoms with van der Waals surface area (Å²) in [4.78, 5) is 0. The summed E-state index contributed by atoms with van der Waals surface area (Å²) in [5.74, 6) is 2.84. The summed E-state index contributed by atoms with van der Waals surface area (Å²) in [5, 5.41) is 0. The highest BCUT2D eigenvalue weighted by atomic mass is 28.3. The van der Waals surface area contributed by atoms with Gasteiger partial charge in [-0.15, -0.1) is 5.54 Å². The monoisotopic (exact) mass is 337 g/mol. The average molecular weight is 338 g/mol. The molecule has 1 aromatic rings. The summed E-state index contributed by atoms with van der Waals surface area (Å²) in [6.45, 7) is 12.9. The lowest BCUT2D eigenvalue weighted by Gasteiger charge is -2.38. The number of nitrogens with two attached hydrogens (primary N) is 1. The molecule has 128 valence electrons. The Balaban J connectivity index is 3.47. The zero-order valence-corrected chi connectivity index (χ0v) is 16.0. The molecule has 0 saturated carbocycles. The fraction of sp³-hybridized carbons (Fsp3) is 0.579. The second-order valence-corrected chi connectivity index (χ2v) is 12.8. The molecule has 0 amide bonds. The normalized spacial score (nSPS) is 15.0. The molecule has 0 heterocycles. The van der Waals surface area contributed by atoms with Crippen LogP contribution in [0.2, 0.25) is 16.6 Å². The van der Waals surface area contributed by atoms with Crippen LogP contribution in [-0.2, 0) is 5.54 Å². The van der Waals surface area contributed by atoms with E-state index in [0.717, 1.165) is 0 Å². The molecule has 0 aromatic heterocycles. The highest BCUT2D eigenvalue weighted by Crippen LogP contribution is 2.41. The number of halogens is 2. The van der Waals surface area contributed by atoms with Crippen molar-refractivity contribution in [1.29, 1.82) is 0 Å². The molecule has 0 aliphatic rings. The minimum absolute atomic E-state index is 0.377. The Morgan fingerprint density at radius 3 is 1.70 bits per heavy atom. The molecule has 1 rings (SSSR count). The third-order valence-corrected chi connectivity index (χ3v) is 11.2. The van der Waals surface area contributed by atoms with Crippen molar-refractivity contribution in [3.63, 3.8) is 0 Å². The van der Waals surface area contributed by atoms with Crippen molar-refractivity contribution in [1.82, 2.24) is 0 Å². The number of rotatable bonds is 5. The molecular formula is C19H29F2NSi. The van der Waals surface area contributed by atoms with Crippen LogP contribution in [0, 0.1) is 11.5 Å². The maximum Gasteiger partial charge on any atom is 0.271 e. The van der Waals surface area contributed by atoms with Crippen LogP contribution < -0.4 is 5.73 Å². The minimum atomic E-state index is -2.73. The number of alkyl halides is 2. The van der Waals surface area contributed by atoms with Gasteiger partial charge in [0.1, 0.15) is 8.07 Å². The zero-order chi connectivity index (χ0) is 17.8. The summed E-state index contributed by atoms with van der Waals surface area (Å²) in [6.07, 6.45) is -2.73. The van der Waals surface area contributed by atoms with Gasteiger partial charge in [-0.1, -0.05) is 77.8 Å².